The van der Waals surface area contributed by atoms with E-state index in [0.717, 1.165) is 0 Å². The Hall–Kier alpha value is -3.26. The van der Waals surface area contributed by atoms with Crippen LogP contribution in [0.15, 0.2) is 54.7 Å². The van der Waals surface area contributed by atoms with Crippen LogP contribution in [0.5, 0.6) is 0 Å². The van der Waals surface area contributed by atoms with E-state index in [4.69, 9.17) is 11.6 Å². The number of hydrogen-bond acceptors (Lipinski definition) is 4. The van der Waals surface area contributed by atoms with Crippen LogP contribution in [0.2, 0.25) is 5.02 Å². The quantitative estimate of drug-likeness (QED) is 0.693. The number of nitrogens with zero attached hydrogens (tertiary/aromatic N) is 4. The first-order chi connectivity index (χ1) is 14.5. The number of likely N-dealkylation sites (tertiary alicyclic amines) is 1. The molecule has 0 bridgehead atoms. The standard InChI is InChI=1S/C21H19ClFN5O2/c22-15-3-1-14(2-4-15)20(29)24-17-9-11-27(12-10-17)21(30)19-13-28(26-25-19)18-7-5-16(23)6-8-18/h1-8,13,17H,9-12H2,(H,24,29). The van der Waals surface area contributed by atoms with E-state index in [-0.39, 0.29) is 29.4 Å². The van der Waals surface area contributed by atoms with Crippen LogP contribution >= 0.6 is 11.6 Å². The molecule has 0 unspecified atom stereocenters. The van der Waals surface area contributed by atoms with E-state index >= 15 is 0 Å². The van der Waals surface area contributed by atoms with E-state index in [1.54, 1.807) is 41.3 Å². The maximum atomic E-state index is 13.1. The molecule has 0 spiro atoms. The van der Waals surface area contributed by atoms with Gasteiger partial charge in [-0.05, 0) is 61.4 Å². The Morgan fingerprint density at radius 1 is 1.03 bits per heavy atom. The summed E-state index contributed by atoms with van der Waals surface area (Å²) < 4.78 is 14.5. The third-order valence-corrected chi connectivity index (χ3v) is 5.28. The molecule has 154 valence electrons. The van der Waals surface area contributed by atoms with Gasteiger partial charge in [0.1, 0.15) is 5.82 Å². The van der Waals surface area contributed by atoms with Gasteiger partial charge in [-0.1, -0.05) is 16.8 Å². The number of hydrogen-bond donors (Lipinski definition) is 1. The van der Waals surface area contributed by atoms with E-state index in [1.165, 1.54) is 23.0 Å². The van der Waals surface area contributed by atoms with Gasteiger partial charge >= 0.3 is 0 Å². The smallest absolute Gasteiger partial charge is 0.276 e. The van der Waals surface area contributed by atoms with Crippen LogP contribution in [0.25, 0.3) is 5.69 Å². The molecule has 1 saturated heterocycles. The van der Waals surface area contributed by atoms with E-state index < -0.39 is 0 Å². The molecular weight excluding hydrogens is 409 g/mol. The molecule has 2 amide bonds. The Balaban J connectivity index is 1.33. The molecule has 7 nitrogen and oxygen atoms in total. The molecule has 0 radical (unpaired) electrons. The van der Waals surface area contributed by atoms with Gasteiger partial charge in [0, 0.05) is 29.7 Å². The van der Waals surface area contributed by atoms with Gasteiger partial charge in [0.05, 0.1) is 11.9 Å². The first-order valence-corrected chi connectivity index (χ1v) is 9.91. The average Bonchev–Trinajstić information content (AvgIpc) is 3.25. The zero-order valence-electron chi connectivity index (χ0n) is 16.0. The molecule has 30 heavy (non-hydrogen) atoms. The molecule has 0 aliphatic carbocycles. The Kier molecular flexibility index (Phi) is 5.76. The van der Waals surface area contributed by atoms with Crippen molar-refractivity contribution in [1.29, 1.82) is 0 Å². The summed E-state index contributed by atoms with van der Waals surface area (Å²) in [6.07, 6.45) is 2.83. The molecular formula is C21H19ClFN5O2. The lowest BCUT2D eigenvalue weighted by molar-refractivity contribution is 0.0692. The van der Waals surface area contributed by atoms with Gasteiger partial charge in [-0.15, -0.1) is 5.10 Å². The highest BCUT2D eigenvalue weighted by atomic mass is 35.5. The number of amides is 2. The van der Waals surface area contributed by atoms with Crippen molar-refractivity contribution in [3.05, 3.63) is 76.8 Å². The van der Waals surface area contributed by atoms with Gasteiger partial charge in [-0.2, -0.15) is 0 Å². The molecule has 0 saturated carbocycles. The highest BCUT2D eigenvalue weighted by Crippen LogP contribution is 2.16. The normalized spacial score (nSPS) is 14.5. The van der Waals surface area contributed by atoms with Gasteiger partial charge in [-0.3, -0.25) is 9.59 Å². The summed E-state index contributed by atoms with van der Waals surface area (Å²) in [4.78, 5) is 26.8. The van der Waals surface area contributed by atoms with Crippen LogP contribution in [-0.4, -0.2) is 50.8 Å². The lowest BCUT2D eigenvalue weighted by Crippen LogP contribution is -2.46. The minimum absolute atomic E-state index is 0.00729. The highest BCUT2D eigenvalue weighted by Gasteiger charge is 2.26. The minimum Gasteiger partial charge on any atom is -0.349 e. The molecule has 9 heteroatoms. The fourth-order valence-corrected chi connectivity index (χ4v) is 3.47. The summed E-state index contributed by atoms with van der Waals surface area (Å²) in [5.74, 6) is -0.717. The second-order valence-electron chi connectivity index (χ2n) is 7.07. The SMILES string of the molecule is O=C(NC1CCN(C(=O)c2cn(-c3ccc(F)cc3)nn2)CC1)c1ccc(Cl)cc1. The summed E-state index contributed by atoms with van der Waals surface area (Å²) in [5, 5.41) is 11.5. The first kappa shape index (κ1) is 20.0. The highest BCUT2D eigenvalue weighted by molar-refractivity contribution is 6.30. The zero-order chi connectivity index (χ0) is 21.1. The van der Waals surface area contributed by atoms with Crippen LogP contribution in [-0.2, 0) is 0 Å². The molecule has 0 atom stereocenters. The fraction of sp³-hybridized carbons (Fsp3) is 0.238. The Bertz CT molecular complexity index is 1040. The van der Waals surface area contributed by atoms with Gasteiger partial charge in [0.15, 0.2) is 5.69 Å². The van der Waals surface area contributed by atoms with Crippen LogP contribution in [0.1, 0.15) is 33.7 Å². The number of rotatable bonds is 4. The molecule has 1 aliphatic heterocycles. The lowest BCUT2D eigenvalue weighted by atomic mass is 10.0. The summed E-state index contributed by atoms with van der Waals surface area (Å²) in [6.45, 7) is 1.02. The van der Waals surface area contributed by atoms with Crippen molar-refractivity contribution in [1.82, 2.24) is 25.2 Å². The van der Waals surface area contributed by atoms with Gasteiger partial charge in [-0.25, -0.2) is 9.07 Å². The van der Waals surface area contributed by atoms with Crippen LogP contribution in [0.4, 0.5) is 4.39 Å². The predicted molar refractivity (Wildman–Crippen MR) is 109 cm³/mol. The second kappa shape index (κ2) is 8.62. The van der Waals surface area contributed by atoms with Crippen molar-refractivity contribution in [3.63, 3.8) is 0 Å². The minimum atomic E-state index is -0.346. The third kappa shape index (κ3) is 4.49. The molecule has 1 N–H and O–H groups in total. The third-order valence-electron chi connectivity index (χ3n) is 5.03. The molecule has 1 aliphatic rings. The van der Waals surface area contributed by atoms with Gasteiger partial charge < -0.3 is 10.2 Å². The molecule has 3 aromatic rings. The largest absolute Gasteiger partial charge is 0.349 e. The zero-order valence-corrected chi connectivity index (χ0v) is 16.7. The van der Waals surface area contributed by atoms with Crippen LogP contribution < -0.4 is 5.32 Å². The van der Waals surface area contributed by atoms with Crippen molar-refractivity contribution < 1.29 is 14.0 Å². The van der Waals surface area contributed by atoms with E-state index in [1.807, 2.05) is 0 Å². The number of halogens is 2. The maximum Gasteiger partial charge on any atom is 0.276 e. The molecule has 1 aromatic heterocycles. The summed E-state index contributed by atoms with van der Waals surface area (Å²) in [5.41, 5.74) is 1.39. The summed E-state index contributed by atoms with van der Waals surface area (Å²) in [6, 6.07) is 12.5. The number of carbonyl (C=O) groups excluding carboxylic acids is 2. The Labute approximate surface area is 177 Å². The van der Waals surface area contributed by atoms with Crippen molar-refractivity contribution >= 4 is 23.4 Å². The average molecular weight is 428 g/mol. The predicted octanol–water partition coefficient (Wildman–Crippen LogP) is 3.09. The number of nitrogens with one attached hydrogen (secondary N) is 1. The second-order valence-corrected chi connectivity index (χ2v) is 7.51. The van der Waals surface area contributed by atoms with Crippen molar-refractivity contribution in [3.8, 4) is 5.69 Å². The maximum absolute atomic E-state index is 13.1. The van der Waals surface area contributed by atoms with E-state index in [0.29, 0.717) is 42.2 Å². The van der Waals surface area contributed by atoms with Crippen molar-refractivity contribution in [2.75, 3.05) is 13.1 Å². The Morgan fingerprint density at radius 3 is 2.37 bits per heavy atom. The summed E-state index contributed by atoms with van der Waals surface area (Å²) >= 11 is 5.85. The van der Waals surface area contributed by atoms with E-state index in [9.17, 15) is 14.0 Å². The number of carbonyl (C=O) groups is 2. The van der Waals surface area contributed by atoms with Crippen molar-refractivity contribution in [2.45, 2.75) is 18.9 Å². The molecule has 2 aromatic carbocycles. The lowest BCUT2D eigenvalue weighted by Gasteiger charge is -2.31. The van der Waals surface area contributed by atoms with Gasteiger partial charge in [0.25, 0.3) is 11.8 Å². The molecule has 4 rings (SSSR count). The monoisotopic (exact) mass is 427 g/mol. The molecule has 2 heterocycles. The van der Waals surface area contributed by atoms with Gasteiger partial charge in [0.2, 0.25) is 0 Å². The summed E-state index contributed by atoms with van der Waals surface area (Å²) in [7, 11) is 0. The number of piperidine rings is 1. The first-order valence-electron chi connectivity index (χ1n) is 9.53. The number of benzene rings is 2. The Morgan fingerprint density at radius 2 is 1.70 bits per heavy atom. The van der Waals surface area contributed by atoms with E-state index in [2.05, 4.69) is 15.6 Å². The number of aromatic nitrogens is 3. The van der Waals surface area contributed by atoms with Crippen LogP contribution in [0.3, 0.4) is 0 Å². The van der Waals surface area contributed by atoms with Crippen LogP contribution in [0, 0.1) is 5.82 Å². The fourth-order valence-electron chi connectivity index (χ4n) is 3.34. The van der Waals surface area contributed by atoms with Crippen molar-refractivity contribution in [2.24, 2.45) is 0 Å². The topological polar surface area (TPSA) is 80.1 Å². The molecule has 1 fully saturated rings.